The molecule has 1 aromatic carbocycles. The first-order valence-corrected chi connectivity index (χ1v) is 9.24. The summed E-state index contributed by atoms with van der Waals surface area (Å²) >= 11 is 2.17. The third-order valence-corrected chi connectivity index (χ3v) is 5.24. The van der Waals surface area contributed by atoms with Crippen molar-refractivity contribution in [2.24, 2.45) is 11.8 Å². The molecule has 1 aromatic rings. The summed E-state index contributed by atoms with van der Waals surface area (Å²) in [6, 6.07) is 7.53. The van der Waals surface area contributed by atoms with Crippen LogP contribution in [0.1, 0.15) is 27.7 Å². The zero-order valence-electron chi connectivity index (χ0n) is 14.7. The highest BCUT2D eigenvalue weighted by atomic mass is 127. The van der Waals surface area contributed by atoms with E-state index in [9.17, 15) is 9.59 Å². The fraction of sp³-hybridized carbons (Fsp3) is 0.556. The molecule has 1 aliphatic heterocycles. The molecule has 0 aromatic heterocycles. The zero-order valence-corrected chi connectivity index (χ0v) is 16.9. The van der Waals surface area contributed by atoms with E-state index in [1.807, 2.05) is 38.1 Å². The lowest BCUT2D eigenvalue weighted by molar-refractivity contribution is -0.253. The molecule has 0 amide bonds. The lowest BCUT2D eigenvalue weighted by Crippen LogP contribution is -2.54. The Labute approximate surface area is 161 Å². The van der Waals surface area contributed by atoms with Crippen molar-refractivity contribution >= 4 is 34.5 Å². The number of carbonyl (C=O) groups excluding carboxylic acids is 2. The van der Waals surface area contributed by atoms with Crippen molar-refractivity contribution in [1.29, 1.82) is 0 Å². The average molecular weight is 462 g/mol. The van der Waals surface area contributed by atoms with Crippen molar-refractivity contribution in [3.8, 4) is 5.75 Å². The highest BCUT2D eigenvalue weighted by molar-refractivity contribution is 14.1. The minimum atomic E-state index is -0.772. The van der Waals surface area contributed by atoms with Crippen LogP contribution >= 0.6 is 22.6 Å². The second-order valence-corrected chi connectivity index (χ2v) is 7.35. The third-order valence-electron chi connectivity index (χ3n) is 4.34. The van der Waals surface area contributed by atoms with Gasteiger partial charge >= 0.3 is 11.9 Å². The van der Waals surface area contributed by atoms with Gasteiger partial charge in [-0.05, 0) is 40.6 Å². The van der Waals surface area contributed by atoms with Crippen molar-refractivity contribution in [2.45, 2.75) is 46.2 Å². The Morgan fingerprint density at radius 3 is 2.40 bits per heavy atom. The number of hydrogen-bond donors (Lipinski definition) is 0. The van der Waals surface area contributed by atoms with E-state index in [0.29, 0.717) is 5.75 Å². The fourth-order valence-electron chi connectivity index (χ4n) is 2.76. The van der Waals surface area contributed by atoms with Crippen LogP contribution in [0.5, 0.6) is 5.75 Å². The number of benzene rings is 1. The molecule has 25 heavy (non-hydrogen) atoms. The summed E-state index contributed by atoms with van der Waals surface area (Å²) in [4.78, 5) is 22.6. The largest absolute Gasteiger partial charge is 0.463 e. The molecule has 0 spiro atoms. The Bertz CT molecular complexity index is 617. The smallest absolute Gasteiger partial charge is 0.303 e. The van der Waals surface area contributed by atoms with Gasteiger partial charge in [-0.1, -0.05) is 26.0 Å². The number of para-hydroxylation sites is 1. The molecular formula is C18H23IO6. The van der Waals surface area contributed by atoms with Crippen LogP contribution in [-0.4, -0.2) is 37.0 Å². The SMILES string of the molecule is CC(=O)OCC1O[C@@H](Oc2ccccc2I)C(OC(C)=O)[C@@H](C)[C@@H]1C. The maximum atomic E-state index is 11.5. The summed E-state index contributed by atoms with van der Waals surface area (Å²) in [6.45, 7) is 6.83. The monoisotopic (exact) mass is 462 g/mol. The van der Waals surface area contributed by atoms with E-state index < -0.39 is 12.4 Å². The van der Waals surface area contributed by atoms with Crippen molar-refractivity contribution in [3.63, 3.8) is 0 Å². The molecule has 0 bridgehead atoms. The van der Waals surface area contributed by atoms with Crippen LogP contribution in [0, 0.1) is 15.4 Å². The van der Waals surface area contributed by atoms with E-state index in [1.165, 1.54) is 13.8 Å². The standard InChI is InChI=1S/C18H23IO6/c1-10-11(2)17(23-13(4)21)18(25-16(10)9-22-12(3)20)24-15-8-6-5-7-14(15)19/h5-8,10-11,16-18H,9H2,1-4H3/t10-,11-,16?,17?,18+/m0/s1. The zero-order chi connectivity index (χ0) is 18.6. The quantitative estimate of drug-likeness (QED) is 0.495. The molecule has 0 aliphatic carbocycles. The number of halogens is 1. The highest BCUT2D eigenvalue weighted by Crippen LogP contribution is 2.35. The van der Waals surface area contributed by atoms with Gasteiger partial charge in [0.2, 0.25) is 6.29 Å². The third kappa shape index (κ3) is 5.31. The summed E-state index contributed by atoms with van der Waals surface area (Å²) in [7, 11) is 0. The van der Waals surface area contributed by atoms with Gasteiger partial charge in [0.1, 0.15) is 12.4 Å². The number of esters is 2. The predicted molar refractivity (Wildman–Crippen MR) is 99.0 cm³/mol. The Morgan fingerprint density at radius 2 is 1.80 bits per heavy atom. The molecule has 2 unspecified atom stereocenters. The molecule has 1 saturated heterocycles. The van der Waals surface area contributed by atoms with Gasteiger partial charge in [0.15, 0.2) is 6.10 Å². The maximum Gasteiger partial charge on any atom is 0.303 e. The molecule has 7 heteroatoms. The molecule has 5 atom stereocenters. The van der Waals surface area contributed by atoms with Gasteiger partial charge in [-0.3, -0.25) is 9.59 Å². The Balaban J connectivity index is 2.21. The van der Waals surface area contributed by atoms with Crippen molar-refractivity contribution in [1.82, 2.24) is 0 Å². The van der Waals surface area contributed by atoms with Crippen LogP contribution < -0.4 is 4.74 Å². The van der Waals surface area contributed by atoms with Crippen molar-refractivity contribution < 1.29 is 28.5 Å². The molecule has 0 radical (unpaired) electrons. The molecule has 1 heterocycles. The first-order chi connectivity index (χ1) is 11.8. The van der Waals surface area contributed by atoms with Crippen molar-refractivity contribution in [3.05, 3.63) is 27.8 Å². The lowest BCUT2D eigenvalue weighted by atomic mass is 9.83. The molecule has 0 saturated carbocycles. The minimum absolute atomic E-state index is 0.0235. The van der Waals surface area contributed by atoms with Crippen LogP contribution in [0.25, 0.3) is 0 Å². The van der Waals surface area contributed by atoms with Crippen molar-refractivity contribution in [2.75, 3.05) is 6.61 Å². The summed E-state index contributed by atoms with van der Waals surface area (Å²) in [5, 5.41) is 0. The van der Waals surface area contributed by atoms with Gasteiger partial charge in [0, 0.05) is 19.8 Å². The first-order valence-electron chi connectivity index (χ1n) is 8.16. The fourth-order valence-corrected chi connectivity index (χ4v) is 3.28. The summed E-state index contributed by atoms with van der Waals surface area (Å²) in [5.74, 6) is -0.0932. The van der Waals surface area contributed by atoms with Crippen LogP contribution in [0.3, 0.4) is 0 Å². The van der Waals surface area contributed by atoms with E-state index in [-0.39, 0.29) is 36.5 Å². The Morgan fingerprint density at radius 1 is 1.12 bits per heavy atom. The van der Waals surface area contributed by atoms with Gasteiger partial charge < -0.3 is 18.9 Å². The van der Waals surface area contributed by atoms with E-state index in [0.717, 1.165) is 3.57 Å². The lowest BCUT2D eigenvalue weighted by Gasteiger charge is -2.43. The average Bonchev–Trinajstić information content (AvgIpc) is 2.54. The molecule has 138 valence electrons. The number of carbonyl (C=O) groups is 2. The summed E-state index contributed by atoms with van der Waals surface area (Å²) in [5.41, 5.74) is 0. The van der Waals surface area contributed by atoms with Gasteiger partial charge in [-0.2, -0.15) is 0 Å². The van der Waals surface area contributed by atoms with Gasteiger partial charge in [0.25, 0.3) is 0 Å². The molecule has 6 nitrogen and oxygen atoms in total. The normalized spacial score (nSPS) is 28.9. The molecular weight excluding hydrogens is 439 g/mol. The van der Waals surface area contributed by atoms with Crippen LogP contribution in [0.4, 0.5) is 0 Å². The van der Waals surface area contributed by atoms with E-state index in [4.69, 9.17) is 18.9 Å². The Hall–Kier alpha value is -1.35. The number of hydrogen-bond acceptors (Lipinski definition) is 6. The summed E-state index contributed by atoms with van der Waals surface area (Å²) in [6.07, 6.45) is -1.65. The van der Waals surface area contributed by atoms with E-state index in [2.05, 4.69) is 22.6 Å². The Kier molecular flexibility index (Phi) is 7.06. The molecule has 2 rings (SSSR count). The van der Waals surface area contributed by atoms with Gasteiger partial charge in [-0.15, -0.1) is 0 Å². The second kappa shape index (κ2) is 8.84. The van der Waals surface area contributed by atoms with Crippen LogP contribution in [0.15, 0.2) is 24.3 Å². The molecule has 1 fully saturated rings. The molecule has 1 aliphatic rings. The minimum Gasteiger partial charge on any atom is -0.463 e. The van der Waals surface area contributed by atoms with E-state index in [1.54, 1.807) is 0 Å². The van der Waals surface area contributed by atoms with Crippen LogP contribution in [0.2, 0.25) is 0 Å². The number of ether oxygens (including phenoxy) is 4. The summed E-state index contributed by atoms with van der Waals surface area (Å²) < 4.78 is 23.5. The molecule has 0 N–H and O–H groups in total. The highest BCUT2D eigenvalue weighted by Gasteiger charge is 2.45. The topological polar surface area (TPSA) is 71.1 Å². The first kappa shape index (κ1) is 20.0. The second-order valence-electron chi connectivity index (χ2n) is 6.19. The maximum absolute atomic E-state index is 11.5. The van der Waals surface area contributed by atoms with Crippen LogP contribution in [-0.2, 0) is 23.8 Å². The van der Waals surface area contributed by atoms with Gasteiger partial charge in [-0.25, -0.2) is 0 Å². The van der Waals surface area contributed by atoms with E-state index >= 15 is 0 Å². The van der Waals surface area contributed by atoms with Gasteiger partial charge in [0.05, 0.1) is 9.67 Å². The number of rotatable bonds is 5. The predicted octanol–water partition coefficient (Wildman–Crippen LogP) is 3.16.